The number of nitrogens with one attached hydrogen (secondary N) is 1. The van der Waals surface area contributed by atoms with Gasteiger partial charge in [-0.3, -0.25) is 4.98 Å². The molecule has 1 aliphatic rings. The molecule has 0 aliphatic carbocycles. The molecule has 1 N–H and O–H groups in total. The van der Waals surface area contributed by atoms with Gasteiger partial charge in [0.15, 0.2) is 11.6 Å². The number of pyridine rings is 1. The van der Waals surface area contributed by atoms with Crippen LogP contribution in [-0.4, -0.2) is 28.6 Å². The minimum Gasteiger partial charge on any atom is -0.486 e. The summed E-state index contributed by atoms with van der Waals surface area (Å²) in [4.78, 5) is 14.7. The Balaban J connectivity index is 1.40. The number of hydrogen-bond donors (Lipinski definition) is 1. The molecule has 0 bridgehead atoms. The van der Waals surface area contributed by atoms with Crippen LogP contribution in [0.25, 0.3) is 11.1 Å². The van der Waals surface area contributed by atoms with Crippen LogP contribution in [-0.2, 0) is 0 Å². The van der Waals surface area contributed by atoms with E-state index in [4.69, 9.17) is 4.74 Å². The average Bonchev–Trinajstić information content (AvgIpc) is 2.79. The van der Waals surface area contributed by atoms with Gasteiger partial charge in [-0.15, -0.1) is 0 Å². The molecule has 0 radical (unpaired) electrons. The quantitative estimate of drug-likeness (QED) is 0.427. The third-order valence-electron chi connectivity index (χ3n) is 5.64. The predicted octanol–water partition coefficient (Wildman–Crippen LogP) is 5.58. The van der Waals surface area contributed by atoms with Crippen molar-refractivity contribution in [3.8, 4) is 16.9 Å². The molecule has 2 aromatic carbocycles. The maximum Gasteiger partial charge on any atom is 0.229 e. The number of ether oxygens (including phenoxy) is 1. The summed E-state index contributed by atoms with van der Waals surface area (Å²) < 4.78 is 48.0. The fourth-order valence-electron chi connectivity index (χ4n) is 3.96. The van der Waals surface area contributed by atoms with Gasteiger partial charge in [0, 0.05) is 36.3 Å². The van der Waals surface area contributed by atoms with Gasteiger partial charge in [0.1, 0.15) is 24.1 Å². The Labute approximate surface area is 194 Å². The van der Waals surface area contributed by atoms with Gasteiger partial charge >= 0.3 is 0 Å². The number of rotatable bonds is 4. The molecule has 5 rings (SSSR count). The van der Waals surface area contributed by atoms with Gasteiger partial charge in [0.2, 0.25) is 5.95 Å². The molecule has 0 amide bonds. The highest BCUT2D eigenvalue weighted by molar-refractivity contribution is 5.68. The summed E-state index contributed by atoms with van der Waals surface area (Å²) in [6.45, 7) is 2.03. The predicted molar refractivity (Wildman–Crippen MR) is 123 cm³/mol. The van der Waals surface area contributed by atoms with E-state index in [-0.39, 0.29) is 12.6 Å². The lowest BCUT2D eigenvalue weighted by molar-refractivity contribution is 0.264. The minimum atomic E-state index is -0.661. The van der Waals surface area contributed by atoms with Crippen LogP contribution in [0.2, 0.25) is 0 Å². The van der Waals surface area contributed by atoms with Gasteiger partial charge in [-0.05, 0) is 60.5 Å². The first-order chi connectivity index (χ1) is 16.4. The number of halogens is 3. The van der Waals surface area contributed by atoms with Crippen LogP contribution in [0.1, 0.15) is 17.3 Å². The van der Waals surface area contributed by atoms with E-state index in [0.717, 1.165) is 17.3 Å². The minimum absolute atomic E-state index is 0.184. The molecule has 34 heavy (non-hydrogen) atoms. The fraction of sp³-hybridized carbons (Fsp3) is 0.160. The first kappa shape index (κ1) is 21.7. The second-order valence-electron chi connectivity index (χ2n) is 8.03. The fourth-order valence-corrected chi connectivity index (χ4v) is 3.96. The molecular weight excluding hydrogens is 443 g/mol. The molecule has 9 heteroatoms. The van der Waals surface area contributed by atoms with Crippen molar-refractivity contribution in [1.29, 1.82) is 0 Å². The maximum absolute atomic E-state index is 14.8. The Morgan fingerprint density at radius 3 is 2.53 bits per heavy atom. The summed E-state index contributed by atoms with van der Waals surface area (Å²) in [5.74, 6) is -0.605. The zero-order chi connectivity index (χ0) is 23.8. The largest absolute Gasteiger partial charge is 0.486 e. The summed E-state index contributed by atoms with van der Waals surface area (Å²) in [5, 5.41) is 3.00. The molecule has 1 aliphatic heterocycles. The first-order valence-corrected chi connectivity index (χ1v) is 10.6. The summed E-state index contributed by atoms with van der Waals surface area (Å²) >= 11 is 0. The number of benzene rings is 2. The van der Waals surface area contributed by atoms with Gasteiger partial charge in [-0.2, -0.15) is 4.98 Å². The lowest BCUT2D eigenvalue weighted by atomic mass is 10.0. The molecule has 0 spiro atoms. The first-order valence-electron chi connectivity index (χ1n) is 10.6. The maximum atomic E-state index is 14.8. The summed E-state index contributed by atoms with van der Waals surface area (Å²) in [6.07, 6.45) is 3.15. The number of nitrogens with zero attached hydrogens (tertiary/aromatic N) is 4. The zero-order valence-corrected chi connectivity index (χ0v) is 18.4. The molecule has 6 nitrogen and oxygen atoms in total. The standard InChI is InChI=1S/C25H20F3N5O/c1-14-7-15(5-6-29-14)20-4-3-19(11-21(20)28)31-25-30-12-23-24(32-25)33(2)22(13-34-23)16-8-17(26)10-18(27)9-16/h3-12,22H,13H2,1-2H3,(H,30,31,32). The van der Waals surface area contributed by atoms with Crippen molar-refractivity contribution in [3.63, 3.8) is 0 Å². The lowest BCUT2D eigenvalue weighted by Gasteiger charge is -2.35. The molecule has 4 aromatic rings. The second-order valence-corrected chi connectivity index (χ2v) is 8.03. The van der Waals surface area contributed by atoms with Gasteiger partial charge in [-0.25, -0.2) is 18.2 Å². The smallest absolute Gasteiger partial charge is 0.229 e. The van der Waals surface area contributed by atoms with E-state index >= 15 is 0 Å². The van der Waals surface area contributed by atoms with E-state index in [1.807, 2.05) is 13.0 Å². The summed E-state index contributed by atoms with van der Waals surface area (Å²) in [5.41, 5.74) is 2.89. The van der Waals surface area contributed by atoms with Gasteiger partial charge < -0.3 is 15.0 Å². The van der Waals surface area contributed by atoms with Crippen molar-refractivity contribution in [2.75, 3.05) is 23.9 Å². The SMILES string of the molecule is Cc1cc(-c2ccc(Nc3ncc4c(n3)N(C)C(c3cc(F)cc(F)c3)CO4)cc2F)ccn1. The zero-order valence-electron chi connectivity index (χ0n) is 18.4. The Morgan fingerprint density at radius 1 is 1.00 bits per heavy atom. The average molecular weight is 463 g/mol. The Kier molecular flexibility index (Phi) is 5.53. The Bertz CT molecular complexity index is 1360. The molecule has 2 aromatic heterocycles. The van der Waals surface area contributed by atoms with Gasteiger partial charge in [0.25, 0.3) is 0 Å². The van der Waals surface area contributed by atoms with Gasteiger partial charge in [0.05, 0.1) is 12.2 Å². The third-order valence-corrected chi connectivity index (χ3v) is 5.64. The van der Waals surface area contributed by atoms with Gasteiger partial charge in [-0.1, -0.05) is 0 Å². The van der Waals surface area contributed by atoms with E-state index in [0.29, 0.717) is 28.4 Å². The van der Waals surface area contributed by atoms with Crippen molar-refractivity contribution >= 4 is 17.5 Å². The summed E-state index contributed by atoms with van der Waals surface area (Å²) in [6, 6.07) is 11.3. The molecule has 1 atom stereocenters. The molecule has 172 valence electrons. The number of hydrogen-bond acceptors (Lipinski definition) is 6. The highest BCUT2D eigenvalue weighted by atomic mass is 19.1. The lowest BCUT2D eigenvalue weighted by Crippen LogP contribution is -2.34. The van der Waals surface area contributed by atoms with Crippen molar-refractivity contribution in [2.24, 2.45) is 0 Å². The molecule has 1 unspecified atom stereocenters. The van der Waals surface area contributed by atoms with Crippen molar-refractivity contribution in [2.45, 2.75) is 13.0 Å². The number of anilines is 3. The monoisotopic (exact) mass is 463 g/mol. The highest BCUT2D eigenvalue weighted by Crippen LogP contribution is 2.37. The topological polar surface area (TPSA) is 63.2 Å². The van der Waals surface area contributed by atoms with Crippen LogP contribution in [0, 0.1) is 24.4 Å². The second kappa shape index (κ2) is 8.66. The van der Waals surface area contributed by atoms with Crippen LogP contribution in [0.15, 0.2) is 60.9 Å². The van der Waals surface area contributed by atoms with Crippen molar-refractivity contribution in [1.82, 2.24) is 15.0 Å². The Morgan fingerprint density at radius 2 is 1.79 bits per heavy atom. The van der Waals surface area contributed by atoms with Crippen LogP contribution < -0.4 is 15.0 Å². The molecule has 0 saturated carbocycles. The molecular formula is C25H20F3N5O. The van der Waals surface area contributed by atoms with E-state index in [9.17, 15) is 13.2 Å². The summed E-state index contributed by atoms with van der Waals surface area (Å²) in [7, 11) is 1.76. The number of fused-ring (bicyclic) bond motifs is 1. The van der Waals surface area contributed by atoms with Crippen LogP contribution in [0.5, 0.6) is 5.75 Å². The number of aryl methyl sites for hydroxylation is 1. The van der Waals surface area contributed by atoms with E-state index in [1.165, 1.54) is 24.4 Å². The molecule has 0 saturated heterocycles. The number of likely N-dealkylation sites (N-methyl/N-ethyl adjacent to an activating group) is 1. The van der Waals surface area contributed by atoms with Crippen LogP contribution in [0.3, 0.4) is 0 Å². The van der Waals surface area contributed by atoms with E-state index in [2.05, 4.69) is 20.3 Å². The third kappa shape index (κ3) is 4.24. The van der Waals surface area contributed by atoms with Crippen molar-refractivity contribution in [3.05, 3.63) is 89.6 Å². The normalized spacial score (nSPS) is 15.0. The van der Waals surface area contributed by atoms with Crippen molar-refractivity contribution < 1.29 is 17.9 Å². The molecule has 3 heterocycles. The highest BCUT2D eigenvalue weighted by Gasteiger charge is 2.29. The molecule has 0 fully saturated rings. The van der Waals surface area contributed by atoms with E-state index < -0.39 is 23.5 Å². The number of aromatic nitrogens is 3. The van der Waals surface area contributed by atoms with Crippen LogP contribution in [0.4, 0.5) is 30.6 Å². The Hall–Kier alpha value is -4.14. The van der Waals surface area contributed by atoms with Crippen LogP contribution >= 0.6 is 0 Å². The van der Waals surface area contributed by atoms with E-state index in [1.54, 1.807) is 36.3 Å².